The quantitative estimate of drug-likeness (QED) is 0.695. The van der Waals surface area contributed by atoms with Crippen LogP contribution in [0.1, 0.15) is 30.9 Å². The molecule has 0 aromatic carbocycles. The zero-order valence-corrected chi connectivity index (χ0v) is 16.5. The van der Waals surface area contributed by atoms with Crippen LogP contribution in [0.4, 0.5) is 0 Å². The van der Waals surface area contributed by atoms with Crippen LogP contribution in [-0.2, 0) is 16.9 Å². The largest absolute Gasteiger partial charge is 0.451 e. The van der Waals surface area contributed by atoms with Crippen molar-refractivity contribution >= 4 is 11.4 Å². The average Bonchev–Trinajstić information content (AvgIpc) is 3.32. The van der Waals surface area contributed by atoms with Gasteiger partial charge in [0.15, 0.2) is 6.39 Å². The number of fused-ring (bicyclic) bond motifs is 1. The summed E-state index contributed by atoms with van der Waals surface area (Å²) in [6.45, 7) is 8.94. The summed E-state index contributed by atoms with van der Waals surface area (Å²) in [6, 6.07) is 3.77. The van der Waals surface area contributed by atoms with Crippen molar-refractivity contribution in [3.63, 3.8) is 0 Å². The van der Waals surface area contributed by atoms with Crippen LogP contribution >= 0.6 is 0 Å². The highest BCUT2D eigenvalue weighted by Gasteiger charge is 2.32. The number of nitrogens with one attached hydrogen (secondary N) is 2. The summed E-state index contributed by atoms with van der Waals surface area (Å²) in [5.74, 6) is 0.786. The van der Waals surface area contributed by atoms with Gasteiger partial charge in [0.2, 0.25) is 5.91 Å². The molecule has 3 aromatic heterocycles. The molecule has 1 aliphatic heterocycles. The normalized spacial score (nSPS) is 18.5. The van der Waals surface area contributed by atoms with Crippen molar-refractivity contribution < 1.29 is 9.21 Å². The van der Waals surface area contributed by atoms with Crippen molar-refractivity contribution in [2.75, 3.05) is 19.6 Å². The zero-order chi connectivity index (χ0) is 19.7. The summed E-state index contributed by atoms with van der Waals surface area (Å²) in [6.07, 6.45) is 6.92. The Morgan fingerprint density at radius 2 is 2.29 bits per heavy atom. The van der Waals surface area contributed by atoms with E-state index in [1.54, 1.807) is 6.26 Å². The minimum atomic E-state index is -0.604. The maximum absolute atomic E-state index is 13.0. The summed E-state index contributed by atoms with van der Waals surface area (Å²) in [7, 11) is 0. The number of amides is 1. The topological polar surface area (TPSA) is 87.7 Å². The molecule has 0 spiro atoms. The second-order valence-electron chi connectivity index (χ2n) is 7.86. The van der Waals surface area contributed by atoms with Gasteiger partial charge in [0.05, 0.1) is 29.0 Å². The van der Waals surface area contributed by atoms with Gasteiger partial charge in [-0.05, 0) is 32.4 Å². The Bertz CT molecular complexity index is 962. The third kappa shape index (κ3) is 3.65. The number of piperazine rings is 1. The van der Waals surface area contributed by atoms with E-state index in [2.05, 4.69) is 38.5 Å². The lowest BCUT2D eigenvalue weighted by Gasteiger charge is -2.34. The molecule has 3 aromatic rings. The van der Waals surface area contributed by atoms with Gasteiger partial charge in [-0.3, -0.25) is 9.69 Å². The highest BCUT2D eigenvalue weighted by atomic mass is 16.3. The van der Waals surface area contributed by atoms with Gasteiger partial charge in [-0.25, -0.2) is 9.97 Å². The molecule has 8 heteroatoms. The van der Waals surface area contributed by atoms with Gasteiger partial charge >= 0.3 is 0 Å². The summed E-state index contributed by atoms with van der Waals surface area (Å²) in [5.41, 5.74) is 2.48. The molecule has 1 amide bonds. The van der Waals surface area contributed by atoms with E-state index in [9.17, 15) is 4.79 Å². The average molecular weight is 382 g/mol. The summed E-state index contributed by atoms with van der Waals surface area (Å²) in [4.78, 5) is 24.0. The first-order valence-corrected chi connectivity index (χ1v) is 9.52. The number of carbonyl (C=O) groups excluding carboxylic acids is 1. The van der Waals surface area contributed by atoms with Crippen molar-refractivity contribution in [1.29, 1.82) is 0 Å². The number of nitrogens with zero attached hydrogens (tertiary/aromatic N) is 4. The summed E-state index contributed by atoms with van der Waals surface area (Å²) in [5, 5.41) is 6.49. The number of rotatable bonds is 5. The number of aryl methyl sites for hydroxylation is 1. The predicted molar refractivity (Wildman–Crippen MR) is 105 cm³/mol. The van der Waals surface area contributed by atoms with Crippen LogP contribution in [0, 0.1) is 6.92 Å². The van der Waals surface area contributed by atoms with Gasteiger partial charge in [0.1, 0.15) is 12.1 Å². The van der Waals surface area contributed by atoms with E-state index in [-0.39, 0.29) is 11.9 Å². The van der Waals surface area contributed by atoms with Gasteiger partial charge in [-0.1, -0.05) is 6.07 Å². The van der Waals surface area contributed by atoms with Crippen molar-refractivity contribution in [1.82, 2.24) is 29.9 Å². The Morgan fingerprint density at radius 3 is 3.07 bits per heavy atom. The number of aromatic nitrogens is 3. The smallest absolute Gasteiger partial charge is 0.239 e. The Morgan fingerprint density at radius 1 is 1.43 bits per heavy atom. The molecule has 0 unspecified atom stereocenters. The second-order valence-corrected chi connectivity index (χ2v) is 7.86. The molecule has 4 rings (SSSR count). The minimum Gasteiger partial charge on any atom is -0.451 e. The number of hydrogen-bond donors (Lipinski definition) is 2. The van der Waals surface area contributed by atoms with Crippen LogP contribution in [0.5, 0.6) is 0 Å². The number of carbonyl (C=O) groups is 1. The van der Waals surface area contributed by atoms with E-state index in [4.69, 9.17) is 4.42 Å². The molecule has 8 nitrogen and oxygen atoms in total. The van der Waals surface area contributed by atoms with Gasteiger partial charge in [0, 0.05) is 32.4 Å². The van der Waals surface area contributed by atoms with E-state index < -0.39 is 5.54 Å². The van der Waals surface area contributed by atoms with Gasteiger partial charge < -0.3 is 19.5 Å². The van der Waals surface area contributed by atoms with Crippen LogP contribution < -0.4 is 10.6 Å². The molecule has 0 bridgehead atoms. The van der Waals surface area contributed by atoms with E-state index in [0.29, 0.717) is 13.1 Å². The standard InChI is InChI=1S/C20H26N6O2/c1-14-5-4-7-26-17(14)9-22-19(26)20(2,3)24-18(27)16-11-25(8-6-21-16)10-15-12-28-13-23-15/h4-5,7,9,12-13,16,21H,6,8,10-11H2,1-3H3,(H,24,27)/t16-/m0/s1. The van der Waals surface area contributed by atoms with Crippen LogP contribution in [0.15, 0.2) is 41.6 Å². The van der Waals surface area contributed by atoms with E-state index in [1.807, 2.05) is 36.7 Å². The van der Waals surface area contributed by atoms with Crippen LogP contribution in [0.25, 0.3) is 5.52 Å². The van der Waals surface area contributed by atoms with E-state index >= 15 is 0 Å². The first-order valence-electron chi connectivity index (χ1n) is 9.52. The summed E-state index contributed by atoms with van der Waals surface area (Å²) >= 11 is 0. The fourth-order valence-electron chi connectivity index (χ4n) is 3.75. The number of pyridine rings is 1. The molecule has 0 radical (unpaired) electrons. The predicted octanol–water partition coefficient (Wildman–Crippen LogP) is 1.46. The fourth-order valence-corrected chi connectivity index (χ4v) is 3.75. The molecule has 1 atom stereocenters. The molecular formula is C20H26N6O2. The first-order chi connectivity index (χ1) is 13.4. The third-order valence-corrected chi connectivity index (χ3v) is 5.22. The zero-order valence-electron chi connectivity index (χ0n) is 16.5. The molecule has 1 saturated heterocycles. The second kappa shape index (κ2) is 7.37. The Hall–Kier alpha value is -2.71. The van der Waals surface area contributed by atoms with Gasteiger partial charge in [0.25, 0.3) is 0 Å². The molecule has 148 valence electrons. The summed E-state index contributed by atoms with van der Waals surface area (Å²) < 4.78 is 7.08. The molecular weight excluding hydrogens is 356 g/mol. The lowest BCUT2D eigenvalue weighted by atomic mass is 10.0. The lowest BCUT2D eigenvalue weighted by molar-refractivity contribution is -0.126. The van der Waals surface area contributed by atoms with Gasteiger partial charge in [-0.15, -0.1) is 0 Å². The Kier molecular flexibility index (Phi) is 4.91. The first kappa shape index (κ1) is 18.6. The van der Waals surface area contributed by atoms with Crippen molar-refractivity contribution in [2.24, 2.45) is 0 Å². The molecule has 0 saturated carbocycles. The van der Waals surface area contributed by atoms with Crippen LogP contribution in [0.2, 0.25) is 0 Å². The highest BCUT2D eigenvalue weighted by Crippen LogP contribution is 2.22. The molecule has 1 fully saturated rings. The lowest BCUT2D eigenvalue weighted by Crippen LogP contribution is -2.59. The Labute approximate surface area is 164 Å². The SMILES string of the molecule is Cc1cccn2c(C(C)(C)NC(=O)[C@@H]3CN(Cc4cocn4)CCN3)ncc12. The van der Waals surface area contributed by atoms with E-state index in [1.165, 1.54) is 6.39 Å². The Balaban J connectivity index is 1.46. The molecule has 2 N–H and O–H groups in total. The molecule has 28 heavy (non-hydrogen) atoms. The third-order valence-electron chi connectivity index (χ3n) is 5.22. The van der Waals surface area contributed by atoms with Crippen molar-refractivity contribution in [3.05, 3.63) is 54.3 Å². The monoisotopic (exact) mass is 382 g/mol. The van der Waals surface area contributed by atoms with Crippen molar-refractivity contribution in [2.45, 2.75) is 38.9 Å². The molecule has 4 heterocycles. The maximum atomic E-state index is 13.0. The number of oxazole rings is 1. The maximum Gasteiger partial charge on any atom is 0.239 e. The highest BCUT2D eigenvalue weighted by molar-refractivity contribution is 5.83. The van der Waals surface area contributed by atoms with Gasteiger partial charge in [-0.2, -0.15) is 0 Å². The molecule has 1 aliphatic rings. The number of hydrogen-bond acceptors (Lipinski definition) is 6. The van der Waals surface area contributed by atoms with E-state index in [0.717, 1.165) is 35.7 Å². The molecule has 0 aliphatic carbocycles. The fraction of sp³-hybridized carbons (Fsp3) is 0.450. The number of imidazole rings is 1. The van der Waals surface area contributed by atoms with Crippen LogP contribution in [-0.4, -0.2) is 50.9 Å². The minimum absolute atomic E-state index is 0.0285. The van der Waals surface area contributed by atoms with Crippen molar-refractivity contribution in [3.8, 4) is 0 Å². The van der Waals surface area contributed by atoms with Crippen LogP contribution in [0.3, 0.4) is 0 Å².